The molecule has 4 rings (SSSR count). The van der Waals surface area contributed by atoms with Crippen LogP contribution in [0.5, 0.6) is 17.2 Å². The van der Waals surface area contributed by atoms with Gasteiger partial charge >= 0.3 is 6.03 Å². The minimum atomic E-state index is -0.224. The largest absolute Gasteiger partial charge is 0.493 e. The normalized spacial score (nSPS) is 16.8. The van der Waals surface area contributed by atoms with Crippen LogP contribution in [0.3, 0.4) is 0 Å². The van der Waals surface area contributed by atoms with Crippen molar-refractivity contribution in [2.75, 3.05) is 44.8 Å². The predicted octanol–water partition coefficient (Wildman–Crippen LogP) is 4.19. The molecule has 0 spiro atoms. The zero-order valence-corrected chi connectivity index (χ0v) is 22.2. The highest BCUT2D eigenvalue weighted by Gasteiger charge is 2.38. The van der Waals surface area contributed by atoms with Crippen LogP contribution in [-0.4, -0.2) is 62.7 Å². The molecule has 2 atom stereocenters. The van der Waals surface area contributed by atoms with Gasteiger partial charge in [0, 0.05) is 30.1 Å². The summed E-state index contributed by atoms with van der Waals surface area (Å²) in [5.41, 5.74) is 1.44. The number of nitrogens with zero attached hydrogens (tertiary/aromatic N) is 2. The van der Waals surface area contributed by atoms with Crippen molar-refractivity contribution >= 4 is 38.2 Å². The zero-order valence-electron chi connectivity index (χ0n) is 20.5. The molecule has 1 aliphatic rings. The van der Waals surface area contributed by atoms with Crippen molar-refractivity contribution in [1.82, 2.24) is 10.3 Å². The molecule has 0 radical (unpaired) electrons. The Labute approximate surface area is 217 Å². The number of hydrogen-bond donors (Lipinski definition) is 1. The summed E-state index contributed by atoms with van der Waals surface area (Å²) in [7, 11) is 8.07. The summed E-state index contributed by atoms with van der Waals surface area (Å²) in [6.45, 7) is 0. The number of nitrogens with one attached hydrogen (secondary N) is 1. The molecule has 1 N–H and O–H groups in total. The van der Waals surface area contributed by atoms with E-state index < -0.39 is 0 Å². The molecule has 36 heavy (non-hydrogen) atoms. The Kier molecular flexibility index (Phi) is 8.27. The number of hydrogen-bond acceptors (Lipinski definition) is 7. The fourth-order valence-corrected chi connectivity index (χ4v) is 8.35. The number of methoxy groups -OCH3 is 3. The molecule has 2 amide bonds. The van der Waals surface area contributed by atoms with Crippen LogP contribution in [0.4, 0.5) is 10.5 Å². The number of benzene rings is 2. The maximum atomic E-state index is 13.3. The van der Waals surface area contributed by atoms with Gasteiger partial charge in [-0.3, -0.25) is 14.7 Å². The number of anilines is 1. The van der Waals surface area contributed by atoms with Crippen LogP contribution in [0.2, 0.25) is 0 Å². The van der Waals surface area contributed by atoms with Crippen molar-refractivity contribution in [2.45, 2.75) is 10.9 Å². The molecular formula is C26H28N3O5S2+. The van der Waals surface area contributed by atoms with E-state index in [0.29, 0.717) is 34.1 Å². The summed E-state index contributed by atoms with van der Waals surface area (Å²) < 4.78 is 16.1. The van der Waals surface area contributed by atoms with Crippen LogP contribution in [0, 0.1) is 0 Å². The summed E-state index contributed by atoms with van der Waals surface area (Å²) in [5.74, 6) is 2.70. The van der Waals surface area contributed by atoms with Crippen molar-refractivity contribution in [1.29, 1.82) is 0 Å². The number of amides is 2. The Morgan fingerprint density at radius 1 is 1.03 bits per heavy atom. The summed E-state index contributed by atoms with van der Waals surface area (Å²) in [4.78, 5) is 33.2. The number of urea groups is 1. The number of carbonyl (C=O) groups is 2. The number of ether oxygens (including phenoxy) is 3. The van der Waals surface area contributed by atoms with Crippen LogP contribution in [0.25, 0.3) is 0 Å². The van der Waals surface area contributed by atoms with E-state index in [0.717, 1.165) is 11.5 Å². The third kappa shape index (κ3) is 5.55. The molecule has 10 heteroatoms. The lowest BCUT2D eigenvalue weighted by Gasteiger charge is -2.20. The van der Waals surface area contributed by atoms with Crippen molar-refractivity contribution in [3.63, 3.8) is 0 Å². The number of rotatable bonds is 8. The lowest BCUT2D eigenvalue weighted by atomic mass is 10.0. The highest BCUT2D eigenvalue weighted by molar-refractivity contribution is 8.74. The molecule has 2 heterocycles. The fourth-order valence-electron chi connectivity index (χ4n) is 3.80. The molecule has 2 aromatic carbocycles. The van der Waals surface area contributed by atoms with E-state index in [1.807, 2.05) is 23.1 Å². The summed E-state index contributed by atoms with van der Waals surface area (Å²) >= 11 is 0. The second-order valence-corrected chi connectivity index (χ2v) is 12.0. The molecule has 1 saturated heterocycles. The van der Waals surface area contributed by atoms with Gasteiger partial charge in [0.15, 0.2) is 22.2 Å². The number of aromatic nitrogens is 1. The van der Waals surface area contributed by atoms with Gasteiger partial charge in [-0.1, -0.05) is 12.1 Å². The van der Waals surface area contributed by atoms with Gasteiger partial charge in [0.25, 0.3) is 0 Å². The fraction of sp³-hybridized carbons (Fsp3) is 0.269. The van der Waals surface area contributed by atoms with Gasteiger partial charge in [-0.05, 0) is 36.4 Å². The SMILES string of the molecule is COc1cc(C(=O)c2cccc(N(C)C(=O)NC3CS[S+](c4cccnc4)C3)c2)cc(OC)c1OC. The minimum absolute atomic E-state index is 0.0126. The molecule has 2 unspecified atom stereocenters. The maximum absolute atomic E-state index is 13.3. The standard InChI is InChI=1S/C26H27N3O5S2/c1-29(26(31)28-19-15-35-36(16-19)21-9-6-10-27-14-21)20-8-5-7-17(11-20)24(30)18-12-22(32-2)25(34-4)23(13-18)33-3/h5-14,19H,15-16H2,1-4H3/p+1. The van der Waals surface area contributed by atoms with E-state index in [-0.39, 0.29) is 27.8 Å². The molecule has 0 bridgehead atoms. The lowest BCUT2D eigenvalue weighted by Crippen LogP contribution is -2.44. The van der Waals surface area contributed by atoms with Gasteiger partial charge in [-0.25, -0.2) is 4.79 Å². The van der Waals surface area contributed by atoms with Crippen LogP contribution >= 0.6 is 10.8 Å². The molecule has 188 valence electrons. The van der Waals surface area contributed by atoms with E-state index in [1.165, 1.54) is 31.1 Å². The van der Waals surface area contributed by atoms with Crippen LogP contribution in [-0.2, 0) is 9.93 Å². The average Bonchev–Trinajstić information content (AvgIpc) is 3.40. The maximum Gasteiger partial charge on any atom is 0.322 e. The van der Waals surface area contributed by atoms with Crippen LogP contribution < -0.4 is 24.4 Å². The smallest absolute Gasteiger partial charge is 0.322 e. The van der Waals surface area contributed by atoms with Crippen LogP contribution in [0.15, 0.2) is 65.8 Å². The molecule has 3 aromatic rings. The van der Waals surface area contributed by atoms with Gasteiger partial charge in [0.1, 0.15) is 5.75 Å². The highest BCUT2D eigenvalue weighted by Crippen LogP contribution is 2.39. The van der Waals surface area contributed by atoms with Crippen LogP contribution in [0.1, 0.15) is 15.9 Å². The topological polar surface area (TPSA) is 90.0 Å². The van der Waals surface area contributed by atoms with Gasteiger partial charge in [0.05, 0.1) is 60.0 Å². The average molecular weight is 527 g/mol. The first kappa shape index (κ1) is 25.7. The third-order valence-corrected chi connectivity index (χ3v) is 10.3. The van der Waals surface area contributed by atoms with Crippen molar-refractivity contribution in [3.8, 4) is 17.2 Å². The highest BCUT2D eigenvalue weighted by atomic mass is 33.1. The summed E-state index contributed by atoms with van der Waals surface area (Å²) in [5, 5.41) is 3.12. The molecule has 1 aromatic heterocycles. The Morgan fingerprint density at radius 3 is 2.42 bits per heavy atom. The summed E-state index contributed by atoms with van der Waals surface area (Å²) in [6, 6.07) is 14.1. The Hall–Kier alpha value is -3.37. The second-order valence-electron chi connectivity index (χ2n) is 7.98. The van der Waals surface area contributed by atoms with Gasteiger partial charge < -0.3 is 19.5 Å². The van der Waals surface area contributed by atoms with Gasteiger partial charge in [-0.2, -0.15) is 0 Å². The monoisotopic (exact) mass is 526 g/mol. The van der Waals surface area contributed by atoms with E-state index >= 15 is 0 Å². The van der Waals surface area contributed by atoms with E-state index in [2.05, 4.69) is 16.4 Å². The summed E-state index contributed by atoms with van der Waals surface area (Å²) in [6.07, 6.45) is 3.66. The second kappa shape index (κ2) is 11.6. The van der Waals surface area contributed by atoms with Crippen molar-refractivity contribution in [3.05, 3.63) is 72.1 Å². The Bertz CT molecular complexity index is 1220. The first-order valence-electron chi connectivity index (χ1n) is 11.2. The quantitative estimate of drug-likeness (QED) is 0.267. The number of carbonyl (C=O) groups excluding carboxylic acids is 2. The third-order valence-electron chi connectivity index (χ3n) is 5.72. The molecule has 0 saturated carbocycles. The Balaban J connectivity index is 1.47. The minimum Gasteiger partial charge on any atom is -0.493 e. The van der Waals surface area contributed by atoms with Gasteiger partial charge in [0.2, 0.25) is 5.75 Å². The Morgan fingerprint density at radius 2 is 1.78 bits per heavy atom. The van der Waals surface area contributed by atoms with E-state index in [4.69, 9.17) is 14.2 Å². The molecule has 1 aliphatic heterocycles. The van der Waals surface area contributed by atoms with Crippen molar-refractivity contribution in [2.24, 2.45) is 0 Å². The number of pyridine rings is 1. The first-order chi connectivity index (χ1) is 17.4. The lowest BCUT2D eigenvalue weighted by molar-refractivity contribution is 0.103. The number of ketones is 1. The molecule has 0 aliphatic carbocycles. The van der Waals surface area contributed by atoms with E-state index in [9.17, 15) is 9.59 Å². The zero-order chi connectivity index (χ0) is 25.7. The first-order valence-corrected chi connectivity index (χ1v) is 14.1. The molecular weight excluding hydrogens is 498 g/mol. The predicted molar refractivity (Wildman–Crippen MR) is 144 cm³/mol. The van der Waals surface area contributed by atoms with Gasteiger partial charge in [-0.15, -0.1) is 0 Å². The molecule has 1 fully saturated rings. The molecule has 8 nitrogen and oxygen atoms in total. The van der Waals surface area contributed by atoms with Crippen molar-refractivity contribution < 1.29 is 23.8 Å². The van der Waals surface area contributed by atoms with E-state index in [1.54, 1.807) is 49.6 Å².